The Kier molecular flexibility index (Phi) is 8.07. The van der Waals surface area contributed by atoms with Crippen molar-refractivity contribution in [2.45, 2.75) is 37.7 Å². The average Bonchev–Trinajstić information content (AvgIpc) is 2.88. The highest BCUT2D eigenvalue weighted by atomic mass is 32.2. The molecule has 0 spiro atoms. The van der Waals surface area contributed by atoms with Gasteiger partial charge in [-0.25, -0.2) is 18.2 Å². The van der Waals surface area contributed by atoms with Crippen LogP contribution in [0.25, 0.3) is 0 Å². The maximum absolute atomic E-state index is 12.8. The standard InChI is InChI=1S/C24H33N5O5S/c1-19(2)34-24(30)28-10-7-20(8-11-28)18-33-21-5-6-23(26-16-21)27-12-14-29(15-13-27)35(31,32)22-4-3-9-25-17-22/h3-6,9,16-17,19-20H,7-8,10-15,18H2,1-2H3. The number of carbonyl (C=O) groups is 1. The van der Waals surface area contributed by atoms with Crippen LogP contribution in [0, 0.1) is 5.92 Å². The van der Waals surface area contributed by atoms with Crippen molar-refractivity contribution in [3.63, 3.8) is 0 Å². The molecule has 0 saturated carbocycles. The van der Waals surface area contributed by atoms with Crippen molar-refractivity contribution in [3.05, 3.63) is 42.9 Å². The van der Waals surface area contributed by atoms with Gasteiger partial charge in [0, 0.05) is 51.7 Å². The zero-order valence-corrected chi connectivity index (χ0v) is 21.1. The van der Waals surface area contributed by atoms with Gasteiger partial charge < -0.3 is 19.3 Å². The minimum Gasteiger partial charge on any atom is -0.492 e. The number of anilines is 1. The molecule has 10 nitrogen and oxygen atoms in total. The number of nitrogens with zero attached hydrogens (tertiary/aromatic N) is 5. The van der Waals surface area contributed by atoms with Crippen LogP contribution >= 0.6 is 0 Å². The van der Waals surface area contributed by atoms with E-state index in [2.05, 4.69) is 14.9 Å². The summed E-state index contributed by atoms with van der Waals surface area (Å²) in [5.41, 5.74) is 0. The number of piperidine rings is 1. The van der Waals surface area contributed by atoms with Crippen LogP contribution in [-0.4, -0.2) is 85.7 Å². The minimum atomic E-state index is -3.53. The normalized spacial score (nSPS) is 18.0. The number of pyridine rings is 2. The SMILES string of the molecule is CC(C)OC(=O)N1CCC(COc2ccc(N3CCN(S(=O)(=O)c4cccnc4)CC3)nc2)CC1. The van der Waals surface area contributed by atoms with Gasteiger partial charge >= 0.3 is 6.09 Å². The Morgan fingerprint density at radius 1 is 1.06 bits per heavy atom. The molecular weight excluding hydrogens is 470 g/mol. The van der Waals surface area contributed by atoms with Crippen molar-refractivity contribution in [3.8, 4) is 5.75 Å². The first-order chi connectivity index (χ1) is 16.8. The highest BCUT2D eigenvalue weighted by molar-refractivity contribution is 7.89. The molecule has 0 aromatic carbocycles. The molecule has 2 aromatic rings. The lowest BCUT2D eigenvalue weighted by Crippen LogP contribution is -2.48. The number of aromatic nitrogens is 2. The summed E-state index contributed by atoms with van der Waals surface area (Å²) in [6, 6.07) is 7.00. The van der Waals surface area contributed by atoms with E-state index in [-0.39, 0.29) is 17.1 Å². The summed E-state index contributed by atoms with van der Waals surface area (Å²) in [6.45, 7) is 7.55. The molecule has 2 saturated heterocycles. The van der Waals surface area contributed by atoms with E-state index in [0.717, 1.165) is 18.7 Å². The number of likely N-dealkylation sites (tertiary alicyclic amines) is 1. The van der Waals surface area contributed by atoms with Gasteiger partial charge in [-0.15, -0.1) is 0 Å². The van der Waals surface area contributed by atoms with E-state index in [1.54, 1.807) is 29.4 Å². The van der Waals surface area contributed by atoms with Crippen LogP contribution in [-0.2, 0) is 14.8 Å². The monoisotopic (exact) mass is 503 g/mol. The fourth-order valence-electron chi connectivity index (χ4n) is 4.22. The van der Waals surface area contributed by atoms with Gasteiger partial charge in [-0.3, -0.25) is 4.98 Å². The number of carbonyl (C=O) groups excluding carboxylic acids is 1. The summed E-state index contributed by atoms with van der Waals surface area (Å²) in [5.74, 6) is 1.88. The third-order valence-corrected chi connectivity index (χ3v) is 8.13. The maximum atomic E-state index is 12.8. The molecule has 0 aliphatic carbocycles. The van der Waals surface area contributed by atoms with Crippen LogP contribution < -0.4 is 9.64 Å². The highest BCUT2D eigenvalue weighted by Crippen LogP contribution is 2.23. The second-order valence-corrected chi connectivity index (χ2v) is 11.0. The first-order valence-corrected chi connectivity index (χ1v) is 13.5. The van der Waals surface area contributed by atoms with Gasteiger partial charge in [-0.2, -0.15) is 4.31 Å². The van der Waals surface area contributed by atoms with Crippen molar-refractivity contribution in [2.24, 2.45) is 5.92 Å². The van der Waals surface area contributed by atoms with Crippen LogP contribution in [0.3, 0.4) is 0 Å². The van der Waals surface area contributed by atoms with E-state index >= 15 is 0 Å². The van der Waals surface area contributed by atoms with Crippen LogP contribution in [0.15, 0.2) is 47.8 Å². The number of hydrogen-bond donors (Lipinski definition) is 0. The van der Waals surface area contributed by atoms with Crippen molar-refractivity contribution < 1.29 is 22.7 Å². The van der Waals surface area contributed by atoms with E-state index < -0.39 is 10.0 Å². The number of sulfonamides is 1. The van der Waals surface area contributed by atoms with Gasteiger partial charge in [0.25, 0.3) is 0 Å². The third kappa shape index (κ3) is 6.40. The molecule has 1 amide bonds. The summed E-state index contributed by atoms with van der Waals surface area (Å²) in [4.78, 5) is 24.5. The second-order valence-electron chi connectivity index (χ2n) is 9.11. The molecule has 0 bridgehead atoms. The largest absolute Gasteiger partial charge is 0.492 e. The smallest absolute Gasteiger partial charge is 0.410 e. The molecular formula is C24H33N5O5S. The maximum Gasteiger partial charge on any atom is 0.410 e. The van der Waals surface area contributed by atoms with Gasteiger partial charge in [0.05, 0.1) is 18.9 Å². The Bertz CT molecular complexity index is 1070. The number of ether oxygens (including phenoxy) is 2. The van der Waals surface area contributed by atoms with Crippen LogP contribution in [0.4, 0.5) is 10.6 Å². The summed E-state index contributed by atoms with van der Waals surface area (Å²) >= 11 is 0. The molecule has 2 aliphatic rings. The lowest BCUT2D eigenvalue weighted by atomic mass is 9.98. The molecule has 0 unspecified atom stereocenters. The average molecular weight is 504 g/mol. The Balaban J connectivity index is 1.22. The Hall–Kier alpha value is -2.92. The summed E-state index contributed by atoms with van der Waals surface area (Å²) in [7, 11) is -3.53. The van der Waals surface area contributed by atoms with E-state index in [1.807, 2.05) is 26.0 Å². The topological polar surface area (TPSA) is 105 Å². The van der Waals surface area contributed by atoms with Gasteiger partial charge in [0.2, 0.25) is 10.0 Å². The van der Waals surface area contributed by atoms with E-state index in [4.69, 9.17) is 9.47 Å². The zero-order chi connectivity index (χ0) is 24.8. The van der Waals surface area contributed by atoms with Crippen molar-refractivity contribution in [1.82, 2.24) is 19.2 Å². The van der Waals surface area contributed by atoms with E-state index in [0.29, 0.717) is 57.5 Å². The lowest BCUT2D eigenvalue weighted by molar-refractivity contribution is 0.0608. The van der Waals surface area contributed by atoms with Crippen LogP contribution in [0.2, 0.25) is 0 Å². The van der Waals surface area contributed by atoms with Gasteiger partial charge in [0.15, 0.2) is 0 Å². The van der Waals surface area contributed by atoms with Crippen LogP contribution in [0.5, 0.6) is 5.75 Å². The van der Waals surface area contributed by atoms with E-state index in [1.165, 1.54) is 10.5 Å². The molecule has 2 aromatic heterocycles. The van der Waals surface area contributed by atoms with Gasteiger partial charge in [-0.1, -0.05) is 0 Å². The summed E-state index contributed by atoms with van der Waals surface area (Å²) in [5, 5.41) is 0. The predicted octanol–water partition coefficient (Wildman–Crippen LogP) is 2.62. The summed E-state index contributed by atoms with van der Waals surface area (Å²) in [6.07, 6.45) is 6.06. The Labute approximate surface area is 206 Å². The Morgan fingerprint density at radius 3 is 2.40 bits per heavy atom. The molecule has 11 heteroatoms. The fourth-order valence-corrected chi connectivity index (χ4v) is 5.61. The van der Waals surface area contributed by atoms with Gasteiger partial charge in [-0.05, 0) is 56.9 Å². The number of hydrogen-bond acceptors (Lipinski definition) is 8. The second kappa shape index (κ2) is 11.2. The Morgan fingerprint density at radius 2 is 1.80 bits per heavy atom. The minimum absolute atomic E-state index is 0.109. The highest BCUT2D eigenvalue weighted by Gasteiger charge is 2.29. The van der Waals surface area contributed by atoms with E-state index in [9.17, 15) is 13.2 Å². The quantitative estimate of drug-likeness (QED) is 0.568. The molecule has 4 rings (SSSR count). The van der Waals surface area contributed by atoms with Crippen LogP contribution in [0.1, 0.15) is 26.7 Å². The number of rotatable bonds is 7. The summed E-state index contributed by atoms with van der Waals surface area (Å²) < 4.78 is 38.3. The molecule has 0 radical (unpaired) electrons. The number of amides is 1. The first-order valence-electron chi connectivity index (χ1n) is 12.0. The molecule has 0 N–H and O–H groups in total. The zero-order valence-electron chi connectivity index (χ0n) is 20.2. The molecule has 35 heavy (non-hydrogen) atoms. The molecule has 190 valence electrons. The molecule has 0 atom stereocenters. The number of piperazine rings is 1. The molecule has 2 fully saturated rings. The molecule has 4 heterocycles. The first kappa shape index (κ1) is 25.2. The fraction of sp³-hybridized carbons (Fsp3) is 0.542. The van der Waals surface area contributed by atoms with Crippen molar-refractivity contribution >= 4 is 21.9 Å². The lowest BCUT2D eigenvalue weighted by Gasteiger charge is -2.34. The van der Waals surface area contributed by atoms with Gasteiger partial charge in [0.1, 0.15) is 16.5 Å². The van der Waals surface area contributed by atoms with Crippen molar-refractivity contribution in [2.75, 3.05) is 50.8 Å². The molecule has 2 aliphatic heterocycles. The third-order valence-electron chi connectivity index (χ3n) is 6.25. The van der Waals surface area contributed by atoms with Crippen molar-refractivity contribution in [1.29, 1.82) is 0 Å². The predicted molar refractivity (Wildman–Crippen MR) is 131 cm³/mol.